The average molecular weight is 871 g/mol. The van der Waals surface area contributed by atoms with Crippen LogP contribution in [0.2, 0.25) is 0 Å². The molecule has 9 aromatic carbocycles. The number of anilines is 6. The Morgan fingerprint density at radius 1 is 0.313 bits per heavy atom. The first-order valence-corrected chi connectivity index (χ1v) is 24.4. The van der Waals surface area contributed by atoms with Crippen LogP contribution in [0.25, 0.3) is 43.4 Å². The Balaban J connectivity index is 1.22. The van der Waals surface area contributed by atoms with E-state index in [1.54, 1.807) is 0 Å². The molecule has 11 rings (SSSR count). The van der Waals surface area contributed by atoms with Gasteiger partial charge in [-0.05, 0) is 153 Å². The van der Waals surface area contributed by atoms with Crippen LogP contribution in [0.4, 0.5) is 34.1 Å². The van der Waals surface area contributed by atoms with Crippen LogP contribution in [-0.2, 0) is 21.7 Å². The highest BCUT2D eigenvalue weighted by Gasteiger charge is 2.44. The van der Waals surface area contributed by atoms with Crippen molar-refractivity contribution in [3.8, 4) is 11.1 Å². The third-order valence-corrected chi connectivity index (χ3v) is 14.9. The lowest BCUT2D eigenvalue weighted by Crippen LogP contribution is -2.61. The summed E-state index contributed by atoms with van der Waals surface area (Å²) in [6.45, 7) is 28.0. The van der Waals surface area contributed by atoms with E-state index in [1.165, 1.54) is 116 Å². The molecular weight excluding hydrogens is 808 g/mol. The predicted octanol–water partition coefficient (Wildman–Crippen LogP) is 16.1. The Hall–Kier alpha value is -6.58. The van der Waals surface area contributed by atoms with Crippen LogP contribution in [-0.4, -0.2) is 6.71 Å². The summed E-state index contributed by atoms with van der Waals surface area (Å²) in [5.74, 6) is 0. The van der Waals surface area contributed by atoms with E-state index in [9.17, 15) is 0 Å². The Morgan fingerprint density at radius 2 is 0.731 bits per heavy atom. The molecular formula is C64H63BN2. The number of rotatable bonds is 3. The van der Waals surface area contributed by atoms with Crippen LogP contribution >= 0.6 is 0 Å². The van der Waals surface area contributed by atoms with E-state index in [1.807, 2.05) is 0 Å². The molecule has 2 heterocycles. The number of hydrogen-bond acceptors (Lipinski definition) is 2. The number of nitrogens with zero attached hydrogens (tertiary/aromatic N) is 2. The second-order valence-electron chi connectivity index (χ2n) is 23.5. The van der Waals surface area contributed by atoms with Gasteiger partial charge in [-0.2, -0.15) is 0 Å². The lowest BCUT2D eigenvalue weighted by Gasteiger charge is -2.45. The topological polar surface area (TPSA) is 6.48 Å². The molecule has 0 saturated carbocycles. The van der Waals surface area contributed by atoms with E-state index in [-0.39, 0.29) is 28.4 Å². The van der Waals surface area contributed by atoms with E-state index in [0.717, 1.165) is 0 Å². The lowest BCUT2D eigenvalue weighted by atomic mass is 9.33. The smallest absolute Gasteiger partial charge is 0.252 e. The molecule has 0 saturated heterocycles. The van der Waals surface area contributed by atoms with Crippen molar-refractivity contribution in [1.82, 2.24) is 0 Å². The molecule has 0 aliphatic carbocycles. The molecule has 2 nitrogen and oxygen atoms in total. The van der Waals surface area contributed by atoms with Gasteiger partial charge in [-0.1, -0.05) is 192 Å². The van der Waals surface area contributed by atoms with Crippen molar-refractivity contribution in [2.75, 3.05) is 9.80 Å². The molecule has 332 valence electrons. The zero-order valence-electron chi connectivity index (χ0n) is 41.6. The first kappa shape index (κ1) is 43.0. The molecule has 2 aliphatic heterocycles. The highest BCUT2D eigenvalue weighted by molar-refractivity contribution is 7.00. The van der Waals surface area contributed by atoms with Crippen molar-refractivity contribution in [2.24, 2.45) is 0 Å². The van der Waals surface area contributed by atoms with Crippen molar-refractivity contribution in [3.63, 3.8) is 0 Å². The summed E-state index contributed by atoms with van der Waals surface area (Å²) in [5.41, 5.74) is 19.1. The van der Waals surface area contributed by atoms with Crippen molar-refractivity contribution in [2.45, 2.75) is 105 Å². The van der Waals surface area contributed by atoms with Gasteiger partial charge >= 0.3 is 0 Å². The van der Waals surface area contributed by atoms with Gasteiger partial charge in [-0.15, -0.1) is 0 Å². The van der Waals surface area contributed by atoms with Gasteiger partial charge in [0.1, 0.15) is 0 Å². The summed E-state index contributed by atoms with van der Waals surface area (Å²) in [6.07, 6.45) is 0. The maximum absolute atomic E-state index is 2.61. The third-order valence-electron chi connectivity index (χ3n) is 14.9. The molecule has 0 fully saturated rings. The van der Waals surface area contributed by atoms with Gasteiger partial charge in [0.25, 0.3) is 6.71 Å². The van der Waals surface area contributed by atoms with Crippen molar-refractivity contribution in [3.05, 3.63) is 186 Å². The third kappa shape index (κ3) is 6.99. The summed E-state index contributed by atoms with van der Waals surface area (Å²) in [6, 6.07) is 63.4. The highest BCUT2D eigenvalue weighted by Crippen LogP contribution is 2.49. The molecule has 0 atom stereocenters. The normalized spacial score (nSPS) is 13.9. The second kappa shape index (κ2) is 15.0. The van der Waals surface area contributed by atoms with Gasteiger partial charge in [-0.25, -0.2) is 0 Å². The summed E-state index contributed by atoms with van der Waals surface area (Å²) >= 11 is 0. The SMILES string of the molecule is CC(C)(C)c1ccc(N2c3ccc(C(C)(C)C)cc3B3c4cc(C(C)(C)C)ccc4N(c4ccc(C(C)(C)C)cc4-c4ccc5c6ccccc6c6ccccc6c5c4)c4cccc2c43)cc1. The Labute approximate surface area is 399 Å². The lowest BCUT2D eigenvalue weighted by molar-refractivity contribution is 0.590. The van der Waals surface area contributed by atoms with E-state index in [4.69, 9.17) is 0 Å². The van der Waals surface area contributed by atoms with Gasteiger partial charge < -0.3 is 9.80 Å². The summed E-state index contributed by atoms with van der Waals surface area (Å²) in [5, 5.41) is 7.74. The Kier molecular flexibility index (Phi) is 9.61. The fraction of sp³-hybridized carbons (Fsp3) is 0.250. The van der Waals surface area contributed by atoms with Crippen LogP contribution in [0.15, 0.2) is 164 Å². The quantitative estimate of drug-likeness (QED) is 0.129. The van der Waals surface area contributed by atoms with E-state index in [0.29, 0.717) is 0 Å². The number of fused-ring (bicyclic) bond motifs is 10. The van der Waals surface area contributed by atoms with E-state index < -0.39 is 0 Å². The van der Waals surface area contributed by atoms with Gasteiger partial charge in [0, 0.05) is 34.0 Å². The standard InChI is InChI=1S/C64H63BN2/c1-61(2,3)41-25-30-45(31-26-41)66-56-34-28-43(63(7,8)9)38-53(56)65-54-39-44(64(10,11)12)29-35-57(54)67(59-23-17-22-58(66)60(59)65)55-33-27-42(62(4,5)6)37-51(55)40-24-32-50-48-20-14-13-18-46(48)47-19-15-16-21-49(47)52(50)36-40/h13-39H,1-12H3. The fourth-order valence-electron chi connectivity index (χ4n) is 11.0. The summed E-state index contributed by atoms with van der Waals surface area (Å²) in [4.78, 5) is 5.16. The molecule has 67 heavy (non-hydrogen) atoms. The van der Waals surface area contributed by atoms with E-state index in [2.05, 4.69) is 257 Å². The van der Waals surface area contributed by atoms with Crippen LogP contribution in [0, 0.1) is 0 Å². The molecule has 0 radical (unpaired) electrons. The van der Waals surface area contributed by atoms with Crippen molar-refractivity contribution >= 4 is 89.5 Å². The second-order valence-corrected chi connectivity index (χ2v) is 23.5. The minimum atomic E-state index is -0.0526. The average Bonchev–Trinajstić information content (AvgIpc) is 3.30. The first-order chi connectivity index (χ1) is 31.8. The summed E-state index contributed by atoms with van der Waals surface area (Å²) < 4.78 is 0. The Morgan fingerprint density at radius 3 is 1.24 bits per heavy atom. The Bertz CT molecular complexity index is 3420. The van der Waals surface area contributed by atoms with Gasteiger partial charge in [-0.3, -0.25) is 0 Å². The zero-order chi connectivity index (χ0) is 46.9. The molecule has 0 N–H and O–H groups in total. The molecule has 0 spiro atoms. The largest absolute Gasteiger partial charge is 0.311 e. The predicted molar refractivity (Wildman–Crippen MR) is 293 cm³/mol. The minimum absolute atomic E-state index is 0.0219. The molecule has 2 aliphatic rings. The molecule has 0 aromatic heterocycles. The maximum atomic E-state index is 2.61. The van der Waals surface area contributed by atoms with Gasteiger partial charge in [0.2, 0.25) is 0 Å². The number of benzene rings is 9. The van der Waals surface area contributed by atoms with Gasteiger partial charge in [0.05, 0.1) is 5.69 Å². The van der Waals surface area contributed by atoms with E-state index >= 15 is 0 Å². The van der Waals surface area contributed by atoms with Crippen LogP contribution < -0.4 is 26.2 Å². The minimum Gasteiger partial charge on any atom is -0.311 e. The molecule has 0 amide bonds. The molecule has 3 heteroatoms. The van der Waals surface area contributed by atoms with Crippen molar-refractivity contribution < 1.29 is 0 Å². The first-order valence-electron chi connectivity index (χ1n) is 24.4. The van der Waals surface area contributed by atoms with Crippen LogP contribution in [0.1, 0.15) is 105 Å². The zero-order valence-corrected chi connectivity index (χ0v) is 41.6. The highest BCUT2D eigenvalue weighted by atomic mass is 15.2. The molecule has 9 aromatic rings. The van der Waals surface area contributed by atoms with Gasteiger partial charge in [0.15, 0.2) is 0 Å². The van der Waals surface area contributed by atoms with Crippen LogP contribution in [0.3, 0.4) is 0 Å². The molecule has 0 unspecified atom stereocenters. The van der Waals surface area contributed by atoms with Crippen molar-refractivity contribution in [1.29, 1.82) is 0 Å². The number of hydrogen-bond donors (Lipinski definition) is 0. The molecule has 0 bridgehead atoms. The van der Waals surface area contributed by atoms with Crippen LogP contribution in [0.5, 0.6) is 0 Å². The summed E-state index contributed by atoms with van der Waals surface area (Å²) in [7, 11) is 0. The monoisotopic (exact) mass is 871 g/mol. The fourth-order valence-corrected chi connectivity index (χ4v) is 11.0. The maximum Gasteiger partial charge on any atom is 0.252 e.